The van der Waals surface area contributed by atoms with E-state index in [2.05, 4.69) is 16.4 Å². The lowest BCUT2D eigenvalue weighted by atomic mass is 10.2. The summed E-state index contributed by atoms with van der Waals surface area (Å²) in [5.74, 6) is -0.260. The molecule has 7 heteroatoms. The number of nitrogens with zero attached hydrogens (tertiary/aromatic N) is 1. The number of benzene rings is 2. The number of hydrogen-bond donors (Lipinski definition) is 1. The average molecular weight is 427 g/mol. The molecule has 150 valence electrons. The molecule has 1 aromatic heterocycles. The fourth-order valence-corrected chi connectivity index (χ4v) is 4.61. The van der Waals surface area contributed by atoms with Gasteiger partial charge >= 0.3 is 0 Å². The topological polar surface area (TPSA) is 76.1 Å². The zero-order valence-electron chi connectivity index (χ0n) is 16.5. The lowest BCUT2D eigenvalue weighted by molar-refractivity contribution is 0.102. The van der Waals surface area contributed by atoms with E-state index < -0.39 is 9.84 Å². The first kappa shape index (κ1) is 21.1. The summed E-state index contributed by atoms with van der Waals surface area (Å²) in [6.07, 6.45) is 1.66. The third-order valence-electron chi connectivity index (χ3n) is 4.40. The van der Waals surface area contributed by atoms with Crippen molar-refractivity contribution in [3.8, 4) is 0 Å². The molecule has 5 nitrogen and oxygen atoms in total. The van der Waals surface area contributed by atoms with Crippen molar-refractivity contribution in [1.82, 2.24) is 4.98 Å². The van der Waals surface area contributed by atoms with Crippen LogP contribution in [0.5, 0.6) is 0 Å². The standard InChI is InChI=1S/C22H22N2O3S2/c1-4-29(26,27)18-10-8-17(9-11-18)24-21(25)19-6-5-13-23-22(19)28-20-12-7-15(2)14-16(20)3/h5-14H,4H2,1-3H3,(H,24,25). The van der Waals surface area contributed by atoms with Crippen LogP contribution in [0.15, 0.2) is 75.6 Å². The van der Waals surface area contributed by atoms with E-state index in [1.807, 2.05) is 26.0 Å². The van der Waals surface area contributed by atoms with E-state index in [1.165, 1.54) is 29.5 Å². The number of hydrogen-bond acceptors (Lipinski definition) is 5. The molecular weight excluding hydrogens is 404 g/mol. The van der Waals surface area contributed by atoms with Crippen molar-refractivity contribution in [3.05, 3.63) is 77.5 Å². The van der Waals surface area contributed by atoms with Gasteiger partial charge in [-0.05, 0) is 61.9 Å². The number of amides is 1. The van der Waals surface area contributed by atoms with Crippen LogP contribution in [0.1, 0.15) is 28.4 Å². The number of aryl methyl sites for hydroxylation is 2. The van der Waals surface area contributed by atoms with Crippen molar-refractivity contribution >= 4 is 33.2 Å². The molecule has 1 heterocycles. The number of carbonyl (C=O) groups excluding carboxylic acids is 1. The third-order valence-corrected chi connectivity index (χ3v) is 7.35. The second-order valence-electron chi connectivity index (χ2n) is 6.61. The van der Waals surface area contributed by atoms with Gasteiger partial charge in [0, 0.05) is 16.8 Å². The molecule has 0 spiro atoms. The molecule has 0 aliphatic rings. The van der Waals surface area contributed by atoms with Crippen LogP contribution in [0.2, 0.25) is 0 Å². The van der Waals surface area contributed by atoms with Crippen LogP contribution in [0.4, 0.5) is 5.69 Å². The molecule has 3 aromatic rings. The van der Waals surface area contributed by atoms with Gasteiger partial charge < -0.3 is 5.32 Å². The summed E-state index contributed by atoms with van der Waals surface area (Å²) in [5.41, 5.74) is 3.29. The third kappa shape index (κ3) is 5.05. The summed E-state index contributed by atoms with van der Waals surface area (Å²) in [6, 6.07) is 15.8. The van der Waals surface area contributed by atoms with Crippen LogP contribution in [-0.4, -0.2) is 25.1 Å². The molecule has 0 saturated heterocycles. The Kier molecular flexibility index (Phi) is 6.39. The maximum atomic E-state index is 12.8. The molecule has 0 fully saturated rings. The molecule has 0 atom stereocenters. The number of anilines is 1. The Balaban J connectivity index is 1.81. The van der Waals surface area contributed by atoms with Gasteiger partial charge in [0.05, 0.1) is 16.2 Å². The van der Waals surface area contributed by atoms with E-state index in [1.54, 1.807) is 37.4 Å². The van der Waals surface area contributed by atoms with Gasteiger partial charge in [-0.1, -0.05) is 36.4 Å². The summed E-state index contributed by atoms with van der Waals surface area (Å²) < 4.78 is 23.8. The Bertz CT molecular complexity index is 1140. The van der Waals surface area contributed by atoms with Gasteiger partial charge in [0.1, 0.15) is 5.03 Å². The van der Waals surface area contributed by atoms with Crippen LogP contribution in [0.3, 0.4) is 0 Å². The first-order chi connectivity index (χ1) is 13.8. The van der Waals surface area contributed by atoms with Gasteiger partial charge in [0.15, 0.2) is 9.84 Å². The second kappa shape index (κ2) is 8.80. The monoisotopic (exact) mass is 426 g/mol. The van der Waals surface area contributed by atoms with E-state index in [9.17, 15) is 13.2 Å². The van der Waals surface area contributed by atoms with Crippen LogP contribution < -0.4 is 5.32 Å². The Morgan fingerprint density at radius 2 is 1.79 bits per heavy atom. The predicted octanol–water partition coefficient (Wildman–Crippen LogP) is 4.90. The molecule has 0 radical (unpaired) electrons. The van der Waals surface area contributed by atoms with Gasteiger partial charge in [0.2, 0.25) is 0 Å². The molecule has 0 saturated carbocycles. The second-order valence-corrected chi connectivity index (χ2v) is 9.92. The minimum atomic E-state index is -3.27. The lowest BCUT2D eigenvalue weighted by Gasteiger charge is -2.11. The van der Waals surface area contributed by atoms with Crippen molar-refractivity contribution in [1.29, 1.82) is 0 Å². The molecule has 0 unspecified atom stereocenters. The van der Waals surface area contributed by atoms with E-state index in [0.717, 1.165) is 10.5 Å². The first-order valence-corrected chi connectivity index (χ1v) is 11.6. The van der Waals surface area contributed by atoms with Gasteiger partial charge in [-0.15, -0.1) is 0 Å². The first-order valence-electron chi connectivity index (χ1n) is 9.14. The summed E-state index contributed by atoms with van der Waals surface area (Å²) in [5, 5.41) is 3.43. The summed E-state index contributed by atoms with van der Waals surface area (Å²) in [4.78, 5) is 18.5. The molecule has 1 N–H and O–H groups in total. The van der Waals surface area contributed by atoms with Gasteiger partial charge in [-0.3, -0.25) is 4.79 Å². The summed E-state index contributed by atoms with van der Waals surface area (Å²) in [7, 11) is -3.27. The normalized spacial score (nSPS) is 11.3. The quantitative estimate of drug-likeness (QED) is 0.607. The Labute approximate surface area is 175 Å². The largest absolute Gasteiger partial charge is 0.322 e. The smallest absolute Gasteiger partial charge is 0.258 e. The zero-order chi connectivity index (χ0) is 21.0. The summed E-state index contributed by atoms with van der Waals surface area (Å²) in [6.45, 7) is 5.67. The highest BCUT2D eigenvalue weighted by Crippen LogP contribution is 2.32. The van der Waals surface area contributed by atoms with Gasteiger partial charge in [-0.25, -0.2) is 13.4 Å². The van der Waals surface area contributed by atoms with E-state index in [0.29, 0.717) is 16.3 Å². The van der Waals surface area contributed by atoms with Crippen LogP contribution in [0.25, 0.3) is 0 Å². The van der Waals surface area contributed by atoms with E-state index in [-0.39, 0.29) is 16.6 Å². The molecule has 0 aliphatic carbocycles. The Morgan fingerprint density at radius 3 is 2.45 bits per heavy atom. The average Bonchev–Trinajstić information content (AvgIpc) is 2.71. The van der Waals surface area contributed by atoms with Crippen molar-refractivity contribution in [2.45, 2.75) is 35.6 Å². The van der Waals surface area contributed by atoms with E-state index in [4.69, 9.17) is 0 Å². The van der Waals surface area contributed by atoms with Crippen molar-refractivity contribution in [3.63, 3.8) is 0 Å². The predicted molar refractivity (Wildman–Crippen MR) is 116 cm³/mol. The van der Waals surface area contributed by atoms with E-state index >= 15 is 0 Å². The Hall–Kier alpha value is -2.64. The number of rotatable bonds is 6. The zero-order valence-corrected chi connectivity index (χ0v) is 18.1. The molecular formula is C22H22N2O3S2. The lowest BCUT2D eigenvalue weighted by Crippen LogP contribution is -2.14. The molecule has 0 bridgehead atoms. The minimum Gasteiger partial charge on any atom is -0.322 e. The summed E-state index contributed by atoms with van der Waals surface area (Å²) >= 11 is 1.45. The van der Waals surface area contributed by atoms with Crippen molar-refractivity contribution in [2.24, 2.45) is 0 Å². The van der Waals surface area contributed by atoms with Crippen LogP contribution in [0, 0.1) is 13.8 Å². The van der Waals surface area contributed by atoms with Gasteiger partial charge in [0.25, 0.3) is 5.91 Å². The minimum absolute atomic E-state index is 0.0351. The van der Waals surface area contributed by atoms with Crippen molar-refractivity contribution < 1.29 is 13.2 Å². The number of pyridine rings is 1. The highest BCUT2D eigenvalue weighted by atomic mass is 32.2. The molecule has 3 rings (SSSR count). The molecule has 0 aliphatic heterocycles. The van der Waals surface area contributed by atoms with Gasteiger partial charge in [-0.2, -0.15) is 0 Å². The number of carbonyl (C=O) groups is 1. The van der Waals surface area contributed by atoms with Crippen molar-refractivity contribution in [2.75, 3.05) is 11.1 Å². The fraction of sp³-hybridized carbons (Fsp3) is 0.182. The van der Waals surface area contributed by atoms with Crippen LogP contribution in [-0.2, 0) is 9.84 Å². The fourth-order valence-electron chi connectivity index (χ4n) is 2.77. The Morgan fingerprint density at radius 1 is 1.07 bits per heavy atom. The molecule has 1 amide bonds. The maximum Gasteiger partial charge on any atom is 0.258 e. The van der Waals surface area contributed by atoms with Crippen LogP contribution >= 0.6 is 11.8 Å². The molecule has 2 aromatic carbocycles. The number of nitrogens with one attached hydrogen (secondary N) is 1. The number of aromatic nitrogens is 1. The highest BCUT2D eigenvalue weighted by Gasteiger charge is 2.16. The molecule has 29 heavy (non-hydrogen) atoms. The highest BCUT2D eigenvalue weighted by molar-refractivity contribution is 7.99. The SMILES string of the molecule is CCS(=O)(=O)c1ccc(NC(=O)c2cccnc2Sc2ccc(C)cc2C)cc1. The number of sulfone groups is 1. The maximum absolute atomic E-state index is 12.8.